The molecule has 1 aromatic carbocycles. The number of allylic oxidation sites excluding steroid dienone is 1. The molecule has 1 saturated heterocycles. The zero-order valence-corrected chi connectivity index (χ0v) is 12.3. The first-order chi connectivity index (χ1) is 10.1. The van der Waals surface area contributed by atoms with Gasteiger partial charge < -0.3 is 9.47 Å². The van der Waals surface area contributed by atoms with Gasteiger partial charge in [-0.2, -0.15) is 0 Å². The maximum absolute atomic E-state index is 11.6. The summed E-state index contributed by atoms with van der Waals surface area (Å²) in [5, 5.41) is -0.156. The molecule has 21 heavy (non-hydrogen) atoms. The summed E-state index contributed by atoms with van der Waals surface area (Å²) in [6, 6.07) is 6.99. The standard InChI is InChI=1S/C15H14O5S/c1-2-19-14(17)9-20-12-6-4-3-5-10(12)7-13-11(16)8-15(18)21-13/h3-7H,2,8-9H2,1H3/b13-7-. The van der Waals surface area contributed by atoms with E-state index in [-0.39, 0.29) is 23.9 Å². The molecule has 0 unspecified atom stereocenters. The van der Waals surface area contributed by atoms with Crippen molar-refractivity contribution in [3.63, 3.8) is 0 Å². The molecule has 1 heterocycles. The zero-order valence-electron chi connectivity index (χ0n) is 11.5. The van der Waals surface area contributed by atoms with Crippen molar-refractivity contribution in [2.24, 2.45) is 0 Å². The first kappa shape index (κ1) is 15.3. The van der Waals surface area contributed by atoms with Gasteiger partial charge in [-0.25, -0.2) is 4.79 Å². The molecular weight excluding hydrogens is 292 g/mol. The molecule has 0 N–H and O–H groups in total. The summed E-state index contributed by atoms with van der Waals surface area (Å²) in [4.78, 5) is 34.6. The lowest BCUT2D eigenvalue weighted by Crippen LogP contribution is -2.14. The Kier molecular flexibility index (Phi) is 5.16. The molecule has 0 spiro atoms. The number of carbonyl (C=O) groups is 3. The molecule has 0 atom stereocenters. The van der Waals surface area contributed by atoms with E-state index in [0.717, 1.165) is 11.8 Å². The number of para-hydroxylation sites is 1. The third-order valence-corrected chi connectivity index (χ3v) is 3.60. The number of ketones is 1. The molecular formula is C15H14O5S. The van der Waals surface area contributed by atoms with Crippen LogP contribution < -0.4 is 4.74 Å². The molecule has 1 fully saturated rings. The van der Waals surface area contributed by atoms with Crippen LogP contribution in [0.15, 0.2) is 29.2 Å². The van der Waals surface area contributed by atoms with E-state index < -0.39 is 5.97 Å². The fraction of sp³-hybridized carbons (Fsp3) is 0.267. The lowest BCUT2D eigenvalue weighted by molar-refractivity contribution is -0.145. The minimum atomic E-state index is -0.457. The molecule has 1 aliphatic heterocycles. The lowest BCUT2D eigenvalue weighted by atomic mass is 10.1. The topological polar surface area (TPSA) is 69.7 Å². The summed E-state index contributed by atoms with van der Waals surface area (Å²) < 4.78 is 10.2. The van der Waals surface area contributed by atoms with E-state index >= 15 is 0 Å². The number of hydrogen-bond acceptors (Lipinski definition) is 6. The maximum Gasteiger partial charge on any atom is 0.344 e. The van der Waals surface area contributed by atoms with Crippen LogP contribution in [-0.2, 0) is 19.1 Å². The Hall–Kier alpha value is -2.08. The summed E-state index contributed by atoms with van der Waals surface area (Å²) >= 11 is 0.935. The SMILES string of the molecule is CCOC(=O)COc1ccccc1/C=C1\SC(=O)CC1=O. The Balaban J connectivity index is 2.14. The number of rotatable bonds is 5. The van der Waals surface area contributed by atoms with Crippen LogP contribution in [0.5, 0.6) is 5.75 Å². The van der Waals surface area contributed by atoms with Gasteiger partial charge >= 0.3 is 5.97 Å². The van der Waals surface area contributed by atoms with Gasteiger partial charge in [0.1, 0.15) is 5.75 Å². The lowest BCUT2D eigenvalue weighted by Gasteiger charge is -2.08. The van der Waals surface area contributed by atoms with Crippen molar-refractivity contribution in [3.8, 4) is 5.75 Å². The average Bonchev–Trinajstić information content (AvgIpc) is 2.76. The minimum absolute atomic E-state index is 0.0671. The fourth-order valence-electron chi connectivity index (χ4n) is 1.76. The summed E-state index contributed by atoms with van der Waals surface area (Å²) in [7, 11) is 0. The van der Waals surface area contributed by atoms with E-state index in [2.05, 4.69) is 0 Å². The van der Waals surface area contributed by atoms with Gasteiger partial charge in [0.05, 0.1) is 17.9 Å². The van der Waals surface area contributed by atoms with E-state index in [1.807, 2.05) is 0 Å². The number of carbonyl (C=O) groups excluding carboxylic acids is 3. The Morgan fingerprint density at radius 1 is 1.33 bits per heavy atom. The Morgan fingerprint density at radius 3 is 2.76 bits per heavy atom. The van der Waals surface area contributed by atoms with Gasteiger partial charge in [-0.1, -0.05) is 18.2 Å². The van der Waals surface area contributed by atoms with E-state index in [4.69, 9.17) is 9.47 Å². The third kappa shape index (κ3) is 4.19. The third-order valence-electron chi connectivity index (χ3n) is 2.66. The number of thioether (sulfide) groups is 1. The van der Waals surface area contributed by atoms with Crippen molar-refractivity contribution >= 4 is 34.7 Å². The predicted octanol–water partition coefficient (Wildman–Crippen LogP) is 2.20. The van der Waals surface area contributed by atoms with E-state index in [9.17, 15) is 14.4 Å². The van der Waals surface area contributed by atoms with Crippen molar-refractivity contribution in [2.75, 3.05) is 13.2 Å². The minimum Gasteiger partial charge on any atom is -0.481 e. The normalized spacial score (nSPS) is 16.3. The fourth-order valence-corrected chi connectivity index (χ4v) is 2.58. The highest BCUT2D eigenvalue weighted by Gasteiger charge is 2.26. The Labute approximate surface area is 126 Å². The molecule has 2 rings (SSSR count). The number of Topliss-reactive ketones (excluding diaryl/α,β-unsaturated/α-hetero) is 1. The highest BCUT2D eigenvalue weighted by atomic mass is 32.2. The first-order valence-corrected chi connectivity index (χ1v) is 7.25. The van der Waals surface area contributed by atoms with Crippen LogP contribution in [0.4, 0.5) is 0 Å². The highest BCUT2D eigenvalue weighted by Crippen LogP contribution is 2.32. The van der Waals surface area contributed by atoms with Crippen LogP contribution in [0, 0.1) is 0 Å². The van der Waals surface area contributed by atoms with E-state index in [1.165, 1.54) is 0 Å². The Bertz CT molecular complexity index is 606. The monoisotopic (exact) mass is 306 g/mol. The van der Waals surface area contributed by atoms with Crippen LogP contribution in [0.3, 0.4) is 0 Å². The zero-order chi connectivity index (χ0) is 15.2. The quantitative estimate of drug-likeness (QED) is 0.472. The van der Waals surface area contributed by atoms with E-state index in [0.29, 0.717) is 22.8 Å². The van der Waals surface area contributed by atoms with Crippen LogP contribution >= 0.6 is 11.8 Å². The van der Waals surface area contributed by atoms with Gasteiger partial charge in [-0.05, 0) is 30.8 Å². The van der Waals surface area contributed by atoms with Crippen molar-refractivity contribution in [1.29, 1.82) is 0 Å². The number of hydrogen-bond donors (Lipinski definition) is 0. The molecule has 1 aromatic rings. The van der Waals surface area contributed by atoms with Crippen LogP contribution in [0.2, 0.25) is 0 Å². The summed E-state index contributed by atoms with van der Waals surface area (Å²) in [6.07, 6.45) is 1.54. The molecule has 1 aliphatic rings. The summed E-state index contributed by atoms with van der Waals surface area (Å²) in [6.45, 7) is 1.81. The van der Waals surface area contributed by atoms with Crippen LogP contribution in [-0.4, -0.2) is 30.1 Å². The molecule has 0 amide bonds. The average molecular weight is 306 g/mol. The summed E-state index contributed by atoms with van der Waals surface area (Å²) in [5.41, 5.74) is 0.646. The van der Waals surface area contributed by atoms with Gasteiger partial charge in [-0.3, -0.25) is 9.59 Å². The molecule has 5 nitrogen and oxygen atoms in total. The second kappa shape index (κ2) is 7.08. The first-order valence-electron chi connectivity index (χ1n) is 6.43. The molecule has 6 heteroatoms. The Morgan fingerprint density at radius 2 is 2.10 bits per heavy atom. The van der Waals surface area contributed by atoms with Gasteiger partial charge in [-0.15, -0.1) is 0 Å². The molecule has 0 bridgehead atoms. The van der Waals surface area contributed by atoms with Crippen LogP contribution in [0.25, 0.3) is 6.08 Å². The van der Waals surface area contributed by atoms with Crippen molar-refractivity contribution in [1.82, 2.24) is 0 Å². The summed E-state index contributed by atoms with van der Waals surface area (Å²) in [5.74, 6) is -0.183. The van der Waals surface area contributed by atoms with Gasteiger partial charge in [0.25, 0.3) is 0 Å². The molecule has 110 valence electrons. The second-order valence-corrected chi connectivity index (χ2v) is 5.31. The largest absolute Gasteiger partial charge is 0.481 e. The van der Waals surface area contributed by atoms with Crippen molar-refractivity contribution in [3.05, 3.63) is 34.7 Å². The molecule has 0 aromatic heterocycles. The van der Waals surface area contributed by atoms with Gasteiger partial charge in [0.15, 0.2) is 12.4 Å². The van der Waals surface area contributed by atoms with Crippen LogP contribution in [0.1, 0.15) is 18.9 Å². The highest BCUT2D eigenvalue weighted by molar-refractivity contribution is 8.18. The molecule has 0 saturated carbocycles. The smallest absolute Gasteiger partial charge is 0.344 e. The van der Waals surface area contributed by atoms with Gasteiger partial charge in [0, 0.05) is 5.56 Å². The maximum atomic E-state index is 11.6. The van der Waals surface area contributed by atoms with E-state index in [1.54, 1.807) is 37.3 Å². The number of ether oxygens (including phenoxy) is 2. The predicted molar refractivity (Wildman–Crippen MR) is 78.8 cm³/mol. The number of benzene rings is 1. The van der Waals surface area contributed by atoms with Crippen molar-refractivity contribution < 1.29 is 23.9 Å². The molecule has 0 aliphatic carbocycles. The van der Waals surface area contributed by atoms with Crippen molar-refractivity contribution in [2.45, 2.75) is 13.3 Å². The molecule has 0 radical (unpaired) electrons. The number of esters is 1. The second-order valence-electron chi connectivity index (χ2n) is 4.21. The van der Waals surface area contributed by atoms with Gasteiger partial charge in [0.2, 0.25) is 5.12 Å².